The minimum Gasteiger partial charge on any atom is -0.366 e. The highest BCUT2D eigenvalue weighted by atomic mass is 16.1. The van der Waals surface area contributed by atoms with Gasteiger partial charge < -0.3 is 5.73 Å². The SMILES string of the molecule is Cc1cc2ccccc2c(C(N)=O)c1C. The summed E-state index contributed by atoms with van der Waals surface area (Å²) in [7, 11) is 0. The van der Waals surface area contributed by atoms with Crippen LogP contribution in [-0.4, -0.2) is 5.91 Å². The molecule has 0 saturated carbocycles. The lowest BCUT2D eigenvalue weighted by Gasteiger charge is -2.09. The summed E-state index contributed by atoms with van der Waals surface area (Å²) >= 11 is 0. The Labute approximate surface area is 88.7 Å². The normalized spacial score (nSPS) is 10.5. The molecule has 0 bridgehead atoms. The van der Waals surface area contributed by atoms with Gasteiger partial charge in [-0.25, -0.2) is 0 Å². The van der Waals surface area contributed by atoms with E-state index in [0.29, 0.717) is 5.56 Å². The molecule has 2 nitrogen and oxygen atoms in total. The summed E-state index contributed by atoms with van der Waals surface area (Å²) < 4.78 is 0. The second kappa shape index (κ2) is 3.39. The van der Waals surface area contributed by atoms with E-state index in [1.54, 1.807) is 0 Å². The van der Waals surface area contributed by atoms with E-state index in [0.717, 1.165) is 21.9 Å². The van der Waals surface area contributed by atoms with Crippen molar-refractivity contribution in [2.45, 2.75) is 13.8 Å². The minimum absolute atomic E-state index is 0.354. The molecule has 0 aliphatic carbocycles. The highest BCUT2D eigenvalue weighted by Gasteiger charge is 2.11. The Morgan fingerprint density at radius 2 is 1.87 bits per heavy atom. The van der Waals surface area contributed by atoms with Crippen LogP contribution >= 0.6 is 0 Å². The molecule has 0 aliphatic heterocycles. The zero-order valence-corrected chi connectivity index (χ0v) is 8.87. The Balaban J connectivity index is 2.95. The maximum Gasteiger partial charge on any atom is 0.249 e. The van der Waals surface area contributed by atoms with E-state index >= 15 is 0 Å². The van der Waals surface area contributed by atoms with Crippen LogP contribution in [0.2, 0.25) is 0 Å². The van der Waals surface area contributed by atoms with E-state index < -0.39 is 0 Å². The van der Waals surface area contributed by atoms with Crippen LogP contribution in [0.5, 0.6) is 0 Å². The number of hydrogen-bond acceptors (Lipinski definition) is 1. The number of hydrogen-bond donors (Lipinski definition) is 1. The lowest BCUT2D eigenvalue weighted by Crippen LogP contribution is -2.14. The van der Waals surface area contributed by atoms with Crippen LogP contribution in [0.25, 0.3) is 10.8 Å². The number of carbonyl (C=O) groups excluding carboxylic acids is 1. The van der Waals surface area contributed by atoms with E-state index in [-0.39, 0.29) is 5.91 Å². The van der Waals surface area contributed by atoms with Gasteiger partial charge in [0.2, 0.25) is 5.91 Å². The topological polar surface area (TPSA) is 43.1 Å². The minimum atomic E-state index is -0.354. The predicted octanol–water partition coefficient (Wildman–Crippen LogP) is 2.56. The second-order valence-corrected chi connectivity index (χ2v) is 3.78. The number of aryl methyl sites for hydroxylation is 1. The van der Waals surface area contributed by atoms with E-state index in [9.17, 15) is 4.79 Å². The maximum absolute atomic E-state index is 11.4. The summed E-state index contributed by atoms with van der Waals surface area (Å²) in [5, 5.41) is 2.00. The van der Waals surface area contributed by atoms with Crippen LogP contribution in [0.1, 0.15) is 21.5 Å². The van der Waals surface area contributed by atoms with Crippen molar-refractivity contribution in [3.8, 4) is 0 Å². The third kappa shape index (κ3) is 1.48. The first kappa shape index (κ1) is 9.71. The van der Waals surface area contributed by atoms with E-state index in [1.165, 1.54) is 0 Å². The Bertz CT molecular complexity index is 543. The van der Waals surface area contributed by atoms with Crippen molar-refractivity contribution in [1.82, 2.24) is 0 Å². The Morgan fingerprint density at radius 1 is 1.20 bits per heavy atom. The molecule has 0 saturated heterocycles. The average Bonchev–Trinajstić information content (AvgIpc) is 2.19. The monoisotopic (exact) mass is 199 g/mol. The van der Waals surface area contributed by atoms with Crippen LogP contribution in [0, 0.1) is 13.8 Å². The van der Waals surface area contributed by atoms with Crippen molar-refractivity contribution in [1.29, 1.82) is 0 Å². The van der Waals surface area contributed by atoms with Crippen LogP contribution in [-0.2, 0) is 0 Å². The zero-order chi connectivity index (χ0) is 11.0. The quantitative estimate of drug-likeness (QED) is 0.753. The third-order valence-corrected chi connectivity index (χ3v) is 2.82. The fourth-order valence-corrected chi connectivity index (χ4v) is 1.91. The van der Waals surface area contributed by atoms with Gasteiger partial charge in [-0.15, -0.1) is 0 Å². The first-order chi connectivity index (χ1) is 7.11. The van der Waals surface area contributed by atoms with Crippen molar-refractivity contribution in [2.75, 3.05) is 0 Å². The van der Waals surface area contributed by atoms with Crippen LogP contribution in [0.3, 0.4) is 0 Å². The van der Waals surface area contributed by atoms with Gasteiger partial charge in [-0.05, 0) is 35.7 Å². The van der Waals surface area contributed by atoms with Crippen LogP contribution in [0.4, 0.5) is 0 Å². The number of primary amides is 1. The van der Waals surface area contributed by atoms with Crippen molar-refractivity contribution in [2.24, 2.45) is 5.73 Å². The molecule has 2 aromatic rings. The Hall–Kier alpha value is -1.83. The van der Waals surface area contributed by atoms with E-state index in [2.05, 4.69) is 6.07 Å². The standard InChI is InChI=1S/C13H13NO/c1-8-7-10-5-3-4-6-11(10)12(9(8)2)13(14)15/h3-7H,1-2H3,(H2,14,15). The molecule has 76 valence electrons. The molecule has 0 spiro atoms. The number of amides is 1. The molecule has 1 amide bonds. The summed E-state index contributed by atoms with van der Waals surface area (Å²) in [4.78, 5) is 11.4. The van der Waals surface area contributed by atoms with Crippen molar-refractivity contribution in [3.05, 3.63) is 47.0 Å². The molecule has 0 radical (unpaired) electrons. The van der Waals surface area contributed by atoms with E-state index in [1.807, 2.05) is 38.1 Å². The number of carbonyl (C=O) groups is 1. The van der Waals surface area contributed by atoms with Gasteiger partial charge in [0, 0.05) is 0 Å². The number of benzene rings is 2. The van der Waals surface area contributed by atoms with Gasteiger partial charge in [0.15, 0.2) is 0 Å². The summed E-state index contributed by atoms with van der Waals surface area (Å²) in [6, 6.07) is 9.89. The van der Waals surface area contributed by atoms with Crippen molar-refractivity contribution < 1.29 is 4.79 Å². The summed E-state index contributed by atoms with van der Waals surface area (Å²) in [6.45, 7) is 3.93. The Kier molecular flexibility index (Phi) is 2.19. The largest absolute Gasteiger partial charge is 0.366 e. The average molecular weight is 199 g/mol. The summed E-state index contributed by atoms with van der Waals surface area (Å²) in [6.07, 6.45) is 0. The van der Waals surface area contributed by atoms with Gasteiger partial charge in [-0.3, -0.25) is 4.79 Å². The molecule has 2 N–H and O–H groups in total. The van der Waals surface area contributed by atoms with Gasteiger partial charge >= 0.3 is 0 Å². The molecular weight excluding hydrogens is 186 g/mol. The second-order valence-electron chi connectivity index (χ2n) is 3.78. The fourth-order valence-electron chi connectivity index (χ4n) is 1.91. The van der Waals surface area contributed by atoms with Crippen LogP contribution < -0.4 is 5.73 Å². The maximum atomic E-state index is 11.4. The molecule has 2 heteroatoms. The molecule has 2 rings (SSSR count). The highest BCUT2D eigenvalue weighted by molar-refractivity contribution is 6.08. The fraction of sp³-hybridized carbons (Fsp3) is 0.154. The first-order valence-corrected chi connectivity index (χ1v) is 4.90. The molecular formula is C13H13NO. The van der Waals surface area contributed by atoms with Crippen molar-refractivity contribution in [3.63, 3.8) is 0 Å². The summed E-state index contributed by atoms with van der Waals surface area (Å²) in [5.74, 6) is -0.354. The molecule has 0 unspecified atom stereocenters. The predicted molar refractivity (Wildman–Crippen MR) is 61.9 cm³/mol. The Morgan fingerprint density at radius 3 is 2.53 bits per heavy atom. The smallest absolute Gasteiger partial charge is 0.249 e. The van der Waals surface area contributed by atoms with E-state index in [4.69, 9.17) is 5.73 Å². The van der Waals surface area contributed by atoms with Gasteiger partial charge in [0.25, 0.3) is 0 Å². The zero-order valence-electron chi connectivity index (χ0n) is 8.87. The van der Waals surface area contributed by atoms with Gasteiger partial charge in [0.1, 0.15) is 0 Å². The highest BCUT2D eigenvalue weighted by Crippen LogP contribution is 2.24. The van der Waals surface area contributed by atoms with Gasteiger partial charge in [0.05, 0.1) is 5.56 Å². The van der Waals surface area contributed by atoms with Gasteiger partial charge in [-0.2, -0.15) is 0 Å². The van der Waals surface area contributed by atoms with Crippen molar-refractivity contribution >= 4 is 16.7 Å². The molecule has 0 aliphatic rings. The molecule has 15 heavy (non-hydrogen) atoms. The van der Waals surface area contributed by atoms with Gasteiger partial charge in [-0.1, -0.05) is 30.3 Å². The third-order valence-electron chi connectivity index (χ3n) is 2.82. The molecule has 0 atom stereocenters. The molecule has 0 heterocycles. The molecule has 0 fully saturated rings. The first-order valence-electron chi connectivity index (χ1n) is 4.90. The number of fused-ring (bicyclic) bond motifs is 1. The number of nitrogens with two attached hydrogens (primary N) is 1. The summed E-state index contributed by atoms with van der Waals surface area (Å²) in [5.41, 5.74) is 8.13. The van der Waals surface area contributed by atoms with Crippen LogP contribution in [0.15, 0.2) is 30.3 Å². The molecule has 0 aromatic heterocycles. The number of rotatable bonds is 1. The lowest BCUT2D eigenvalue weighted by atomic mass is 9.95. The lowest BCUT2D eigenvalue weighted by molar-refractivity contribution is 0.100. The molecule has 2 aromatic carbocycles.